The van der Waals surface area contributed by atoms with Crippen molar-refractivity contribution in [2.75, 3.05) is 13.1 Å². The summed E-state index contributed by atoms with van der Waals surface area (Å²) in [6.45, 7) is 3.49. The number of carbonyl (C=O) groups excluding carboxylic acids is 1. The molecule has 4 heteroatoms. The van der Waals surface area contributed by atoms with E-state index in [0.29, 0.717) is 24.6 Å². The van der Waals surface area contributed by atoms with Gasteiger partial charge >= 0.3 is 0 Å². The minimum absolute atomic E-state index is 0.0620. The number of hydrogen-bond acceptors (Lipinski definition) is 2. The van der Waals surface area contributed by atoms with E-state index < -0.39 is 0 Å². The van der Waals surface area contributed by atoms with Crippen LogP contribution in [0, 0.1) is 5.92 Å². The van der Waals surface area contributed by atoms with Crippen LogP contribution in [0.15, 0.2) is 24.3 Å². The Morgan fingerprint density at radius 3 is 2.89 bits per heavy atom. The molecule has 3 nitrogen and oxygen atoms in total. The second kappa shape index (κ2) is 5.61. The number of halogens is 1. The lowest BCUT2D eigenvalue weighted by molar-refractivity contribution is -0.132. The van der Waals surface area contributed by atoms with E-state index in [0.717, 1.165) is 6.42 Å². The average molecular weight is 268 g/mol. The van der Waals surface area contributed by atoms with Crippen molar-refractivity contribution in [1.29, 1.82) is 0 Å². The van der Waals surface area contributed by atoms with E-state index in [1.807, 2.05) is 11.0 Å². The minimum Gasteiger partial charge on any atom is -0.508 e. The van der Waals surface area contributed by atoms with Crippen molar-refractivity contribution < 1.29 is 9.90 Å². The average Bonchev–Trinajstić information content (AvgIpc) is 2.35. The molecule has 1 aliphatic heterocycles. The number of para-hydroxylation sites is 1. The molecule has 1 amide bonds. The van der Waals surface area contributed by atoms with Gasteiger partial charge in [0, 0.05) is 24.0 Å². The summed E-state index contributed by atoms with van der Waals surface area (Å²) in [4.78, 5) is 14.0. The lowest BCUT2D eigenvalue weighted by atomic mass is 9.99. The van der Waals surface area contributed by atoms with Crippen molar-refractivity contribution in [1.82, 2.24) is 4.90 Å². The zero-order valence-corrected chi connectivity index (χ0v) is 11.2. The summed E-state index contributed by atoms with van der Waals surface area (Å²) in [7, 11) is 0. The molecule has 2 atom stereocenters. The van der Waals surface area contributed by atoms with Crippen molar-refractivity contribution in [3.63, 3.8) is 0 Å². The molecule has 1 N–H and O–H groups in total. The number of carbonyl (C=O) groups is 1. The van der Waals surface area contributed by atoms with Gasteiger partial charge in [-0.05, 0) is 18.4 Å². The summed E-state index contributed by atoms with van der Waals surface area (Å²) in [6.07, 6.45) is 1.10. The molecule has 0 aliphatic carbocycles. The van der Waals surface area contributed by atoms with Crippen molar-refractivity contribution >= 4 is 17.5 Å². The van der Waals surface area contributed by atoms with E-state index in [1.165, 1.54) is 0 Å². The van der Waals surface area contributed by atoms with Crippen molar-refractivity contribution in [2.45, 2.75) is 25.1 Å². The number of hydrogen-bond donors (Lipinski definition) is 1. The molecule has 0 aromatic heterocycles. The van der Waals surface area contributed by atoms with Gasteiger partial charge in [-0.1, -0.05) is 25.1 Å². The largest absolute Gasteiger partial charge is 0.508 e. The first-order valence-electron chi connectivity index (χ1n) is 6.26. The maximum atomic E-state index is 12.1. The van der Waals surface area contributed by atoms with Gasteiger partial charge in [-0.15, -0.1) is 11.6 Å². The van der Waals surface area contributed by atoms with Crippen LogP contribution in [-0.2, 0) is 11.2 Å². The van der Waals surface area contributed by atoms with Gasteiger partial charge < -0.3 is 10.0 Å². The molecule has 2 rings (SSSR count). The fourth-order valence-corrected chi connectivity index (χ4v) is 2.46. The van der Waals surface area contributed by atoms with Gasteiger partial charge in [-0.3, -0.25) is 4.79 Å². The Balaban J connectivity index is 1.99. The highest BCUT2D eigenvalue weighted by Gasteiger charge is 2.27. The second-order valence-electron chi connectivity index (χ2n) is 4.93. The van der Waals surface area contributed by atoms with Gasteiger partial charge in [0.2, 0.25) is 5.91 Å². The minimum atomic E-state index is 0.0620. The number of benzene rings is 1. The highest BCUT2D eigenvalue weighted by Crippen LogP contribution is 2.23. The third-order valence-electron chi connectivity index (χ3n) is 3.49. The topological polar surface area (TPSA) is 40.5 Å². The van der Waals surface area contributed by atoms with Crippen LogP contribution in [0.4, 0.5) is 0 Å². The standard InChI is InChI=1S/C14H18ClNO2/c1-10-9-16(7-6-12(10)15)14(18)8-11-4-2-3-5-13(11)17/h2-5,10,12,17H,6-9H2,1H3. The summed E-state index contributed by atoms with van der Waals surface area (Å²) in [5.41, 5.74) is 0.683. The molecule has 0 radical (unpaired) electrons. The lowest BCUT2D eigenvalue weighted by Crippen LogP contribution is -2.44. The number of rotatable bonds is 2. The van der Waals surface area contributed by atoms with Crippen LogP contribution in [0.25, 0.3) is 0 Å². The van der Waals surface area contributed by atoms with Crippen molar-refractivity contribution in [3.8, 4) is 5.75 Å². The monoisotopic (exact) mass is 267 g/mol. The molecule has 0 saturated carbocycles. The van der Waals surface area contributed by atoms with Crippen LogP contribution in [-0.4, -0.2) is 34.4 Å². The number of nitrogens with zero attached hydrogens (tertiary/aromatic N) is 1. The molecule has 1 fully saturated rings. The van der Waals surface area contributed by atoms with Crippen LogP contribution in [0.3, 0.4) is 0 Å². The quantitative estimate of drug-likeness (QED) is 0.836. The zero-order valence-electron chi connectivity index (χ0n) is 10.5. The molecule has 1 aliphatic rings. The Labute approximate surface area is 112 Å². The summed E-state index contributed by atoms with van der Waals surface area (Å²) in [6, 6.07) is 6.97. The first-order chi connectivity index (χ1) is 8.58. The molecule has 1 aromatic carbocycles. The van der Waals surface area contributed by atoms with Crippen LogP contribution in [0.1, 0.15) is 18.9 Å². The van der Waals surface area contributed by atoms with Gasteiger partial charge in [0.05, 0.1) is 6.42 Å². The first-order valence-corrected chi connectivity index (χ1v) is 6.70. The zero-order chi connectivity index (χ0) is 13.1. The molecular weight excluding hydrogens is 250 g/mol. The maximum Gasteiger partial charge on any atom is 0.227 e. The van der Waals surface area contributed by atoms with Gasteiger partial charge in [-0.2, -0.15) is 0 Å². The number of phenols is 1. The summed E-state index contributed by atoms with van der Waals surface area (Å²) >= 11 is 6.14. The molecule has 1 heterocycles. The second-order valence-corrected chi connectivity index (χ2v) is 5.49. The molecule has 1 saturated heterocycles. The van der Waals surface area contributed by atoms with Crippen LogP contribution < -0.4 is 0 Å². The van der Waals surface area contributed by atoms with Crippen LogP contribution >= 0.6 is 11.6 Å². The molecule has 2 unspecified atom stereocenters. The van der Waals surface area contributed by atoms with Gasteiger partial charge in [0.25, 0.3) is 0 Å². The number of alkyl halides is 1. The molecule has 0 spiro atoms. The highest BCUT2D eigenvalue weighted by molar-refractivity contribution is 6.20. The van der Waals surface area contributed by atoms with E-state index in [-0.39, 0.29) is 23.5 Å². The Kier molecular flexibility index (Phi) is 4.12. The third-order valence-corrected chi connectivity index (χ3v) is 4.13. The number of piperidine rings is 1. The number of likely N-dealkylation sites (tertiary alicyclic amines) is 1. The third kappa shape index (κ3) is 2.96. The summed E-state index contributed by atoms with van der Waals surface area (Å²) in [5.74, 6) is 0.576. The van der Waals surface area contributed by atoms with E-state index in [2.05, 4.69) is 6.92 Å². The van der Waals surface area contributed by atoms with E-state index in [9.17, 15) is 9.90 Å². The van der Waals surface area contributed by atoms with Gasteiger partial charge in [0.1, 0.15) is 5.75 Å². The fraction of sp³-hybridized carbons (Fsp3) is 0.500. The molecule has 98 valence electrons. The number of amides is 1. The molecular formula is C14H18ClNO2. The lowest BCUT2D eigenvalue weighted by Gasteiger charge is -2.34. The number of phenolic OH excluding ortho intramolecular Hbond substituents is 1. The first kappa shape index (κ1) is 13.2. The van der Waals surface area contributed by atoms with E-state index >= 15 is 0 Å². The van der Waals surface area contributed by atoms with Gasteiger partial charge in [-0.25, -0.2) is 0 Å². The van der Waals surface area contributed by atoms with Crippen molar-refractivity contribution in [3.05, 3.63) is 29.8 Å². The van der Waals surface area contributed by atoms with Crippen LogP contribution in [0.2, 0.25) is 0 Å². The van der Waals surface area contributed by atoms with E-state index in [4.69, 9.17) is 11.6 Å². The smallest absolute Gasteiger partial charge is 0.227 e. The highest BCUT2D eigenvalue weighted by atomic mass is 35.5. The molecule has 1 aromatic rings. The van der Waals surface area contributed by atoms with Crippen molar-refractivity contribution in [2.24, 2.45) is 5.92 Å². The molecule has 18 heavy (non-hydrogen) atoms. The fourth-order valence-electron chi connectivity index (χ4n) is 2.28. The van der Waals surface area contributed by atoms with Gasteiger partial charge in [0.15, 0.2) is 0 Å². The Bertz CT molecular complexity index is 436. The predicted molar refractivity (Wildman–Crippen MR) is 71.8 cm³/mol. The Morgan fingerprint density at radius 2 is 2.22 bits per heavy atom. The SMILES string of the molecule is CC1CN(C(=O)Cc2ccccc2O)CCC1Cl. The normalized spacial score (nSPS) is 24.0. The Morgan fingerprint density at radius 1 is 1.50 bits per heavy atom. The summed E-state index contributed by atoms with van der Waals surface area (Å²) in [5, 5.41) is 9.83. The summed E-state index contributed by atoms with van der Waals surface area (Å²) < 4.78 is 0. The number of aromatic hydroxyl groups is 1. The predicted octanol–water partition coefficient (Wildman–Crippen LogP) is 2.41. The Hall–Kier alpha value is -1.22. The van der Waals surface area contributed by atoms with E-state index in [1.54, 1.807) is 18.2 Å². The van der Waals surface area contributed by atoms with Crippen LogP contribution in [0.5, 0.6) is 5.75 Å². The molecule has 0 bridgehead atoms. The maximum absolute atomic E-state index is 12.1.